The second kappa shape index (κ2) is 12.0. The molecule has 11 heteroatoms. The molecule has 0 bridgehead atoms. The van der Waals surface area contributed by atoms with E-state index in [4.69, 9.17) is 16.3 Å². The van der Waals surface area contributed by atoms with E-state index < -0.39 is 5.54 Å². The highest BCUT2D eigenvalue weighted by Crippen LogP contribution is 2.49. The van der Waals surface area contributed by atoms with Gasteiger partial charge in [0.2, 0.25) is 12.3 Å². The van der Waals surface area contributed by atoms with Crippen LogP contribution in [0, 0.1) is 18.8 Å². The lowest BCUT2D eigenvalue weighted by molar-refractivity contribution is -0.129. The zero-order valence-electron chi connectivity index (χ0n) is 25.4. The number of carbonyl (C=O) groups excluding carboxylic acids is 2. The molecule has 2 aromatic carbocycles. The quantitative estimate of drug-likeness (QED) is 0.277. The molecule has 2 saturated heterocycles. The van der Waals surface area contributed by atoms with E-state index >= 15 is 0 Å². The van der Waals surface area contributed by atoms with Crippen LogP contribution in [-0.4, -0.2) is 92.1 Å². The van der Waals surface area contributed by atoms with E-state index in [1.54, 1.807) is 12.5 Å². The summed E-state index contributed by atoms with van der Waals surface area (Å²) >= 11 is 7.22. The number of aromatic amines is 1. The summed E-state index contributed by atoms with van der Waals surface area (Å²) in [5.41, 5.74) is 4.81. The highest BCUT2D eigenvalue weighted by atomic mass is 35.5. The summed E-state index contributed by atoms with van der Waals surface area (Å²) in [7, 11) is 5.89. The molecule has 2 fully saturated rings. The van der Waals surface area contributed by atoms with Crippen LogP contribution in [0.5, 0.6) is 5.75 Å². The molecule has 5 heterocycles. The molecular weight excluding hydrogens is 578 g/mol. The number of fused-ring (bicyclic) bond motifs is 4. The number of ether oxygens (including phenoxy) is 1. The van der Waals surface area contributed by atoms with Crippen molar-refractivity contribution in [2.75, 3.05) is 33.8 Å². The van der Waals surface area contributed by atoms with Crippen molar-refractivity contribution in [1.82, 2.24) is 34.4 Å². The molecule has 2 unspecified atom stereocenters. The zero-order chi connectivity index (χ0) is 31.0. The van der Waals surface area contributed by atoms with E-state index in [1.807, 2.05) is 77.9 Å². The Kier molecular flexibility index (Phi) is 8.10. The summed E-state index contributed by atoms with van der Waals surface area (Å²) in [5.74, 6) is 7.23. The molecule has 2 aromatic heterocycles. The molecular formula is C33H36ClN7O3. The molecule has 1 N–H and O–H groups in total. The first-order valence-electron chi connectivity index (χ1n) is 14.7. The molecule has 7 rings (SSSR count). The van der Waals surface area contributed by atoms with Gasteiger partial charge >= 0.3 is 0 Å². The summed E-state index contributed by atoms with van der Waals surface area (Å²) < 4.78 is 8.35. The third kappa shape index (κ3) is 5.20. The van der Waals surface area contributed by atoms with E-state index in [-0.39, 0.29) is 18.6 Å². The number of benzene rings is 2. The molecule has 2 amide bonds. The van der Waals surface area contributed by atoms with Gasteiger partial charge in [0.05, 0.1) is 47.6 Å². The number of H-pyrrole nitrogens is 1. The number of aryl methyl sites for hydroxylation is 2. The predicted molar refractivity (Wildman–Crippen MR) is 169 cm³/mol. The molecule has 0 saturated carbocycles. The molecule has 0 aliphatic carbocycles. The number of halogens is 1. The molecule has 2 atom stereocenters. The first-order valence-corrected chi connectivity index (χ1v) is 15.1. The summed E-state index contributed by atoms with van der Waals surface area (Å²) in [4.78, 5) is 34.7. The van der Waals surface area contributed by atoms with E-state index in [1.165, 1.54) is 0 Å². The molecule has 10 nitrogen and oxygen atoms in total. The summed E-state index contributed by atoms with van der Waals surface area (Å²) in [5, 5.41) is 8.75. The first kappa shape index (κ1) is 29.7. The SMILES string of the molecule is Cc1ccc2[nH]ncc2c1-c1c(C#CCN(C)C)cc2c(c1Cl)OCC1N(C2)C(=O)CC12CCCN2C=O.Cn1ccnc1. The van der Waals surface area contributed by atoms with Crippen molar-refractivity contribution in [3.63, 3.8) is 0 Å². The number of aromatic nitrogens is 4. The lowest BCUT2D eigenvalue weighted by Gasteiger charge is -2.38. The number of likely N-dealkylation sites (tertiary alicyclic amines) is 1. The highest BCUT2D eigenvalue weighted by molar-refractivity contribution is 6.36. The number of nitrogens with one attached hydrogen (secondary N) is 1. The molecule has 3 aliphatic rings. The fourth-order valence-electron chi connectivity index (χ4n) is 6.74. The van der Waals surface area contributed by atoms with Crippen molar-refractivity contribution >= 4 is 34.8 Å². The minimum absolute atomic E-state index is 0.0413. The number of hydrogen-bond donors (Lipinski definition) is 1. The minimum Gasteiger partial charge on any atom is -0.489 e. The maximum absolute atomic E-state index is 13.3. The van der Waals surface area contributed by atoms with Crippen molar-refractivity contribution in [2.24, 2.45) is 7.05 Å². The van der Waals surface area contributed by atoms with Crippen LogP contribution in [0.25, 0.3) is 22.0 Å². The Balaban J connectivity index is 0.000000513. The smallest absolute Gasteiger partial charge is 0.225 e. The number of amides is 2. The van der Waals surface area contributed by atoms with Crippen molar-refractivity contribution in [3.05, 3.63) is 64.8 Å². The number of carbonyl (C=O) groups is 2. The minimum atomic E-state index is -0.524. The second-order valence-corrected chi connectivity index (χ2v) is 12.4. The number of nitrogens with zero attached hydrogens (tertiary/aromatic N) is 6. The Morgan fingerprint density at radius 3 is 2.84 bits per heavy atom. The molecule has 4 aromatic rings. The van der Waals surface area contributed by atoms with E-state index in [0.717, 1.165) is 58.0 Å². The molecule has 3 aliphatic heterocycles. The monoisotopic (exact) mass is 613 g/mol. The van der Waals surface area contributed by atoms with Crippen LogP contribution in [0.3, 0.4) is 0 Å². The van der Waals surface area contributed by atoms with Crippen molar-refractivity contribution in [3.8, 4) is 28.7 Å². The van der Waals surface area contributed by atoms with Gasteiger partial charge in [0.25, 0.3) is 0 Å². The maximum atomic E-state index is 13.3. The fraction of sp³-hybridized carbons (Fsp3) is 0.394. The van der Waals surface area contributed by atoms with Crippen molar-refractivity contribution in [1.29, 1.82) is 0 Å². The van der Waals surface area contributed by atoms with Crippen LogP contribution in [0.1, 0.15) is 36.0 Å². The first-order chi connectivity index (χ1) is 21.2. The van der Waals surface area contributed by atoms with Crippen LogP contribution in [0.4, 0.5) is 0 Å². The van der Waals surface area contributed by atoms with E-state index in [0.29, 0.717) is 36.8 Å². The largest absolute Gasteiger partial charge is 0.489 e. The summed E-state index contributed by atoms with van der Waals surface area (Å²) in [6.45, 7) is 3.95. The zero-order valence-corrected chi connectivity index (χ0v) is 26.2. The van der Waals surface area contributed by atoms with Gasteiger partial charge in [-0.2, -0.15) is 5.10 Å². The molecule has 44 heavy (non-hydrogen) atoms. The van der Waals surface area contributed by atoms with Gasteiger partial charge in [-0.05, 0) is 57.1 Å². The van der Waals surface area contributed by atoms with Gasteiger partial charge in [-0.25, -0.2) is 4.98 Å². The third-order valence-electron chi connectivity index (χ3n) is 8.84. The van der Waals surface area contributed by atoms with Crippen LogP contribution >= 0.6 is 11.6 Å². The van der Waals surface area contributed by atoms with E-state index in [9.17, 15) is 9.59 Å². The fourth-order valence-corrected chi connectivity index (χ4v) is 7.11. The predicted octanol–water partition coefficient (Wildman–Crippen LogP) is 4.01. The average Bonchev–Trinajstić information content (AvgIpc) is 3.77. The Bertz CT molecular complexity index is 1770. The van der Waals surface area contributed by atoms with Crippen LogP contribution in [-0.2, 0) is 23.2 Å². The standard InChI is InChI=1S/C29H30ClN5O3.C4H6N2/c1-18-7-8-22-21(14-31-32-22)25(18)26-19(6-4-10-33(2)3)12-20-15-35-23(16-38-28(20)27(26)30)29(13-24(35)37)9-5-11-34(29)17-36;1-6-3-2-5-4-6/h7-8,12,14,17,23H,5,9-11,13,15-16H2,1-3H3,(H,31,32);2-4H,1H3. The highest BCUT2D eigenvalue weighted by Gasteiger charge is 2.57. The molecule has 228 valence electrons. The molecule has 1 spiro atoms. The van der Waals surface area contributed by atoms with Gasteiger partial charge < -0.3 is 19.1 Å². The Hall–Kier alpha value is -4.33. The third-order valence-corrected chi connectivity index (χ3v) is 9.20. The summed E-state index contributed by atoms with van der Waals surface area (Å²) in [6, 6.07) is 5.84. The summed E-state index contributed by atoms with van der Waals surface area (Å²) in [6.07, 6.45) is 10.1. The number of imidazole rings is 1. The van der Waals surface area contributed by atoms with Crippen LogP contribution < -0.4 is 4.74 Å². The normalized spacial score (nSPS) is 20.5. The number of hydrogen-bond acceptors (Lipinski definition) is 6. The van der Waals surface area contributed by atoms with Crippen molar-refractivity contribution in [2.45, 2.75) is 44.3 Å². The molecule has 0 radical (unpaired) electrons. The number of rotatable bonds is 3. The lowest BCUT2D eigenvalue weighted by Crippen LogP contribution is -2.54. The average molecular weight is 614 g/mol. The van der Waals surface area contributed by atoms with Crippen LogP contribution in [0.15, 0.2) is 43.1 Å². The van der Waals surface area contributed by atoms with Gasteiger partial charge in [0.1, 0.15) is 12.4 Å². The topological polar surface area (TPSA) is 99.6 Å². The van der Waals surface area contributed by atoms with Gasteiger partial charge in [-0.1, -0.05) is 29.5 Å². The Labute approximate surface area is 261 Å². The van der Waals surface area contributed by atoms with Gasteiger partial charge in [-0.15, -0.1) is 0 Å². The van der Waals surface area contributed by atoms with E-state index in [2.05, 4.69) is 27.0 Å². The Morgan fingerprint density at radius 2 is 2.14 bits per heavy atom. The van der Waals surface area contributed by atoms with Crippen LogP contribution in [0.2, 0.25) is 5.02 Å². The van der Waals surface area contributed by atoms with Gasteiger partial charge in [0, 0.05) is 54.6 Å². The van der Waals surface area contributed by atoms with Gasteiger partial charge in [-0.3, -0.25) is 19.6 Å². The van der Waals surface area contributed by atoms with Crippen molar-refractivity contribution < 1.29 is 14.3 Å². The maximum Gasteiger partial charge on any atom is 0.225 e. The lowest BCUT2D eigenvalue weighted by atomic mass is 9.87. The Morgan fingerprint density at radius 1 is 1.30 bits per heavy atom. The second-order valence-electron chi connectivity index (χ2n) is 12.0. The van der Waals surface area contributed by atoms with Gasteiger partial charge in [0.15, 0.2) is 0 Å².